The standard InChI is InChI=1S/C12H14BrF2NO/c1-7-4-8(2-3-17-7)16-12-5-9(13)10(14)6-11(12)15/h5-8,16H,2-4H2,1H3. The van der Waals surface area contributed by atoms with Gasteiger partial charge in [-0.1, -0.05) is 0 Å². The minimum Gasteiger partial charge on any atom is -0.380 e. The minimum absolute atomic E-state index is 0.172. The van der Waals surface area contributed by atoms with Crippen LogP contribution in [-0.4, -0.2) is 18.8 Å². The van der Waals surface area contributed by atoms with Crippen LogP contribution in [-0.2, 0) is 4.74 Å². The molecule has 2 unspecified atom stereocenters. The lowest BCUT2D eigenvalue weighted by Crippen LogP contribution is -2.32. The quantitative estimate of drug-likeness (QED) is 0.841. The van der Waals surface area contributed by atoms with Crippen molar-refractivity contribution in [2.45, 2.75) is 31.9 Å². The molecule has 1 fully saturated rings. The zero-order valence-corrected chi connectivity index (χ0v) is 11.1. The monoisotopic (exact) mass is 305 g/mol. The summed E-state index contributed by atoms with van der Waals surface area (Å²) in [4.78, 5) is 0. The predicted octanol–water partition coefficient (Wildman–Crippen LogP) is 3.71. The fourth-order valence-corrected chi connectivity index (χ4v) is 2.33. The number of halogens is 3. The van der Waals surface area contributed by atoms with Crippen molar-refractivity contribution in [2.75, 3.05) is 11.9 Å². The third-order valence-electron chi connectivity index (χ3n) is 2.85. The molecule has 1 aliphatic rings. The molecule has 0 aromatic heterocycles. The molecule has 0 bridgehead atoms. The molecule has 0 saturated carbocycles. The largest absolute Gasteiger partial charge is 0.380 e. The van der Waals surface area contributed by atoms with Gasteiger partial charge in [0, 0.05) is 18.7 Å². The molecule has 5 heteroatoms. The summed E-state index contributed by atoms with van der Waals surface area (Å²) in [6.07, 6.45) is 1.83. The first-order valence-electron chi connectivity index (χ1n) is 5.59. The third kappa shape index (κ3) is 3.16. The summed E-state index contributed by atoms with van der Waals surface area (Å²) in [6.45, 7) is 2.66. The summed E-state index contributed by atoms with van der Waals surface area (Å²) in [7, 11) is 0. The first kappa shape index (κ1) is 12.8. The Kier molecular flexibility index (Phi) is 3.99. The van der Waals surface area contributed by atoms with Gasteiger partial charge in [0.1, 0.15) is 11.6 Å². The molecule has 1 saturated heterocycles. The molecule has 1 aromatic rings. The zero-order valence-electron chi connectivity index (χ0n) is 9.47. The molecule has 1 N–H and O–H groups in total. The van der Waals surface area contributed by atoms with Crippen molar-refractivity contribution in [1.29, 1.82) is 0 Å². The Balaban J connectivity index is 2.10. The van der Waals surface area contributed by atoms with Crippen LogP contribution < -0.4 is 5.32 Å². The van der Waals surface area contributed by atoms with Crippen LogP contribution in [0.2, 0.25) is 0 Å². The maximum absolute atomic E-state index is 13.5. The number of benzene rings is 1. The summed E-state index contributed by atoms with van der Waals surface area (Å²) >= 11 is 3.05. The van der Waals surface area contributed by atoms with Crippen LogP contribution in [0, 0.1) is 11.6 Å². The van der Waals surface area contributed by atoms with E-state index in [2.05, 4.69) is 21.2 Å². The smallest absolute Gasteiger partial charge is 0.149 e. The Labute approximate surface area is 107 Å². The zero-order chi connectivity index (χ0) is 12.4. The number of hydrogen-bond donors (Lipinski definition) is 1. The van der Waals surface area contributed by atoms with Gasteiger partial charge >= 0.3 is 0 Å². The van der Waals surface area contributed by atoms with Crippen LogP contribution >= 0.6 is 15.9 Å². The molecule has 2 nitrogen and oxygen atoms in total. The van der Waals surface area contributed by atoms with E-state index in [9.17, 15) is 8.78 Å². The molecular formula is C12H14BrF2NO. The maximum atomic E-state index is 13.5. The van der Waals surface area contributed by atoms with E-state index in [4.69, 9.17) is 4.74 Å². The topological polar surface area (TPSA) is 21.3 Å². The van der Waals surface area contributed by atoms with Crippen molar-refractivity contribution < 1.29 is 13.5 Å². The van der Waals surface area contributed by atoms with Gasteiger partial charge in [0.25, 0.3) is 0 Å². The first-order valence-corrected chi connectivity index (χ1v) is 6.38. The van der Waals surface area contributed by atoms with E-state index in [0.29, 0.717) is 12.3 Å². The van der Waals surface area contributed by atoms with E-state index >= 15 is 0 Å². The third-order valence-corrected chi connectivity index (χ3v) is 3.46. The number of anilines is 1. The van der Waals surface area contributed by atoms with Gasteiger partial charge in [-0.15, -0.1) is 0 Å². The second-order valence-electron chi connectivity index (χ2n) is 4.29. The molecule has 94 valence electrons. The number of hydrogen-bond acceptors (Lipinski definition) is 2. The van der Waals surface area contributed by atoms with E-state index in [1.54, 1.807) is 0 Å². The summed E-state index contributed by atoms with van der Waals surface area (Å²) in [5.41, 5.74) is 0.331. The molecule has 0 aliphatic carbocycles. The Morgan fingerprint density at radius 2 is 2.12 bits per heavy atom. The molecule has 1 aromatic carbocycles. The molecular weight excluding hydrogens is 292 g/mol. The second kappa shape index (κ2) is 5.31. The lowest BCUT2D eigenvalue weighted by Gasteiger charge is -2.28. The van der Waals surface area contributed by atoms with Gasteiger partial charge in [-0.25, -0.2) is 8.78 Å². The molecule has 1 heterocycles. The van der Waals surface area contributed by atoms with Crippen LogP contribution in [0.25, 0.3) is 0 Å². The molecule has 2 rings (SSSR count). The summed E-state index contributed by atoms with van der Waals surface area (Å²) < 4.78 is 32.3. The van der Waals surface area contributed by atoms with Gasteiger partial charge in [0.05, 0.1) is 16.3 Å². The first-order chi connectivity index (χ1) is 8.06. The molecule has 17 heavy (non-hydrogen) atoms. The lowest BCUT2D eigenvalue weighted by molar-refractivity contribution is 0.0232. The minimum atomic E-state index is -0.589. The summed E-state index contributed by atoms with van der Waals surface area (Å²) in [5.74, 6) is -1.15. The Morgan fingerprint density at radius 3 is 2.82 bits per heavy atom. The van der Waals surface area contributed by atoms with Crippen molar-refractivity contribution in [3.8, 4) is 0 Å². The van der Waals surface area contributed by atoms with Crippen molar-refractivity contribution in [1.82, 2.24) is 0 Å². The van der Waals surface area contributed by atoms with Crippen LogP contribution in [0.4, 0.5) is 14.5 Å². The van der Waals surface area contributed by atoms with E-state index in [-0.39, 0.29) is 16.6 Å². The number of ether oxygens (including phenoxy) is 1. The molecule has 0 radical (unpaired) electrons. The van der Waals surface area contributed by atoms with E-state index < -0.39 is 11.6 Å². The second-order valence-corrected chi connectivity index (χ2v) is 5.15. The van der Waals surface area contributed by atoms with Crippen molar-refractivity contribution in [2.24, 2.45) is 0 Å². The maximum Gasteiger partial charge on any atom is 0.149 e. The highest BCUT2D eigenvalue weighted by atomic mass is 79.9. The van der Waals surface area contributed by atoms with Crippen LogP contribution in [0.3, 0.4) is 0 Å². The van der Waals surface area contributed by atoms with E-state index in [1.165, 1.54) is 6.07 Å². The number of rotatable bonds is 2. The van der Waals surface area contributed by atoms with Gasteiger partial charge in [0.15, 0.2) is 0 Å². The van der Waals surface area contributed by atoms with Gasteiger partial charge in [-0.2, -0.15) is 0 Å². The normalized spacial score (nSPS) is 24.7. The van der Waals surface area contributed by atoms with E-state index in [0.717, 1.165) is 18.9 Å². The highest BCUT2D eigenvalue weighted by Gasteiger charge is 2.20. The number of nitrogens with one attached hydrogen (secondary N) is 1. The fraction of sp³-hybridized carbons (Fsp3) is 0.500. The Morgan fingerprint density at radius 1 is 1.35 bits per heavy atom. The highest BCUT2D eigenvalue weighted by Crippen LogP contribution is 2.26. The van der Waals surface area contributed by atoms with Crippen LogP contribution in [0.5, 0.6) is 0 Å². The fourth-order valence-electron chi connectivity index (χ4n) is 1.98. The predicted molar refractivity (Wildman–Crippen MR) is 66.1 cm³/mol. The van der Waals surface area contributed by atoms with Gasteiger partial charge in [-0.3, -0.25) is 0 Å². The average molecular weight is 306 g/mol. The molecule has 0 spiro atoms. The molecule has 1 aliphatic heterocycles. The highest BCUT2D eigenvalue weighted by molar-refractivity contribution is 9.10. The van der Waals surface area contributed by atoms with Crippen molar-refractivity contribution in [3.05, 3.63) is 28.2 Å². The summed E-state index contributed by atoms with van der Waals surface area (Å²) in [6, 6.07) is 2.49. The average Bonchev–Trinajstić information content (AvgIpc) is 2.26. The van der Waals surface area contributed by atoms with Gasteiger partial charge in [-0.05, 0) is 41.8 Å². The van der Waals surface area contributed by atoms with Crippen LogP contribution in [0.1, 0.15) is 19.8 Å². The Hall–Kier alpha value is -0.680. The lowest BCUT2D eigenvalue weighted by atomic mass is 10.0. The Bertz CT molecular complexity index is 414. The molecule has 2 atom stereocenters. The summed E-state index contributed by atoms with van der Waals surface area (Å²) in [5, 5.41) is 3.10. The van der Waals surface area contributed by atoms with Crippen LogP contribution in [0.15, 0.2) is 16.6 Å². The van der Waals surface area contributed by atoms with Crippen molar-refractivity contribution >= 4 is 21.6 Å². The van der Waals surface area contributed by atoms with Gasteiger partial charge in [0.2, 0.25) is 0 Å². The van der Waals surface area contributed by atoms with E-state index in [1.807, 2.05) is 6.92 Å². The molecule has 0 amide bonds. The van der Waals surface area contributed by atoms with Crippen molar-refractivity contribution in [3.63, 3.8) is 0 Å². The van der Waals surface area contributed by atoms with Gasteiger partial charge < -0.3 is 10.1 Å². The SMILES string of the molecule is CC1CC(Nc2cc(Br)c(F)cc2F)CCO1.